The molecule has 2 N–H and O–H groups in total. The number of anilines is 1. The minimum absolute atomic E-state index is 0.110. The summed E-state index contributed by atoms with van der Waals surface area (Å²) in [6.07, 6.45) is 4.96. The number of aromatic nitrogens is 4. The first-order valence-corrected chi connectivity index (χ1v) is 8.22. The van der Waals surface area contributed by atoms with Crippen LogP contribution in [-0.4, -0.2) is 44.7 Å². The van der Waals surface area contributed by atoms with Crippen molar-refractivity contribution >= 4 is 29.1 Å². The van der Waals surface area contributed by atoms with Crippen molar-refractivity contribution in [2.24, 2.45) is 5.92 Å². The van der Waals surface area contributed by atoms with E-state index in [2.05, 4.69) is 15.0 Å². The lowest BCUT2D eigenvalue weighted by atomic mass is 10.1. The predicted molar refractivity (Wildman–Crippen MR) is 90.3 cm³/mol. The van der Waals surface area contributed by atoms with Crippen LogP contribution in [0.5, 0.6) is 0 Å². The van der Waals surface area contributed by atoms with Crippen LogP contribution in [0.2, 0.25) is 0 Å². The molecule has 0 aliphatic rings. The van der Waals surface area contributed by atoms with Gasteiger partial charge in [0, 0.05) is 25.8 Å². The van der Waals surface area contributed by atoms with Gasteiger partial charge in [-0.05, 0) is 12.8 Å². The SMILES string of the molecule is CCCC(=O)OCC(CCn1cnc2cnc(N)nc21)COC(C)=O. The van der Waals surface area contributed by atoms with Crippen LogP contribution in [0.15, 0.2) is 12.5 Å². The van der Waals surface area contributed by atoms with Gasteiger partial charge in [-0.15, -0.1) is 0 Å². The molecule has 2 rings (SSSR count). The maximum Gasteiger partial charge on any atom is 0.305 e. The third-order valence-corrected chi connectivity index (χ3v) is 3.61. The molecule has 1 atom stereocenters. The van der Waals surface area contributed by atoms with Crippen molar-refractivity contribution in [2.75, 3.05) is 18.9 Å². The molecular weight excluding hydrogens is 326 g/mol. The van der Waals surface area contributed by atoms with Crippen LogP contribution in [0, 0.1) is 5.92 Å². The van der Waals surface area contributed by atoms with Gasteiger partial charge in [-0.25, -0.2) is 9.97 Å². The number of nitrogens with zero attached hydrogens (tertiary/aromatic N) is 4. The Labute approximate surface area is 145 Å². The van der Waals surface area contributed by atoms with E-state index in [1.165, 1.54) is 6.92 Å². The average Bonchev–Trinajstić information content (AvgIpc) is 2.96. The number of rotatable bonds is 9. The molecular formula is C16H23N5O4. The van der Waals surface area contributed by atoms with Crippen LogP contribution in [0.1, 0.15) is 33.1 Å². The molecule has 0 amide bonds. The molecule has 0 bridgehead atoms. The first kappa shape index (κ1) is 18.6. The van der Waals surface area contributed by atoms with E-state index in [0.29, 0.717) is 30.6 Å². The molecule has 0 spiro atoms. The number of fused-ring (bicyclic) bond motifs is 1. The molecule has 25 heavy (non-hydrogen) atoms. The van der Waals surface area contributed by atoms with Gasteiger partial charge in [-0.3, -0.25) is 9.59 Å². The summed E-state index contributed by atoms with van der Waals surface area (Å²) in [4.78, 5) is 34.9. The van der Waals surface area contributed by atoms with Crippen LogP contribution in [0.3, 0.4) is 0 Å². The Morgan fingerprint density at radius 2 is 2.04 bits per heavy atom. The fourth-order valence-electron chi connectivity index (χ4n) is 2.29. The Bertz CT molecular complexity index is 730. The number of hydrogen-bond donors (Lipinski definition) is 1. The summed E-state index contributed by atoms with van der Waals surface area (Å²) in [5.41, 5.74) is 6.91. The Kier molecular flexibility index (Phi) is 6.67. The summed E-state index contributed by atoms with van der Waals surface area (Å²) >= 11 is 0. The van der Waals surface area contributed by atoms with Crippen LogP contribution in [-0.2, 0) is 25.6 Å². The molecule has 0 fully saturated rings. The van der Waals surface area contributed by atoms with Crippen molar-refractivity contribution in [3.05, 3.63) is 12.5 Å². The fraction of sp³-hybridized carbons (Fsp3) is 0.562. The molecule has 2 aromatic heterocycles. The minimum Gasteiger partial charge on any atom is -0.465 e. The fourth-order valence-corrected chi connectivity index (χ4v) is 2.29. The van der Waals surface area contributed by atoms with Gasteiger partial charge >= 0.3 is 11.9 Å². The smallest absolute Gasteiger partial charge is 0.305 e. The number of esters is 2. The Morgan fingerprint density at radius 3 is 2.76 bits per heavy atom. The summed E-state index contributed by atoms with van der Waals surface area (Å²) in [6.45, 7) is 4.23. The highest BCUT2D eigenvalue weighted by Gasteiger charge is 2.15. The van der Waals surface area contributed by atoms with E-state index < -0.39 is 0 Å². The van der Waals surface area contributed by atoms with Gasteiger partial charge < -0.3 is 19.8 Å². The minimum atomic E-state index is -0.363. The Morgan fingerprint density at radius 1 is 1.28 bits per heavy atom. The number of nitrogen functional groups attached to an aromatic ring is 1. The second-order valence-electron chi connectivity index (χ2n) is 5.77. The monoisotopic (exact) mass is 349 g/mol. The Hall–Kier alpha value is -2.71. The number of aryl methyl sites for hydroxylation is 1. The number of hydrogen-bond acceptors (Lipinski definition) is 8. The van der Waals surface area contributed by atoms with Crippen molar-refractivity contribution in [2.45, 2.75) is 39.7 Å². The third-order valence-electron chi connectivity index (χ3n) is 3.61. The second kappa shape index (κ2) is 8.95. The van der Waals surface area contributed by atoms with E-state index in [9.17, 15) is 9.59 Å². The summed E-state index contributed by atoms with van der Waals surface area (Å²) in [5, 5.41) is 0. The Balaban J connectivity index is 1.98. The molecule has 9 heteroatoms. The predicted octanol–water partition coefficient (Wildman–Crippen LogP) is 1.32. The number of carbonyl (C=O) groups is 2. The summed E-state index contributed by atoms with van der Waals surface area (Å²) in [7, 11) is 0. The topological polar surface area (TPSA) is 122 Å². The average molecular weight is 349 g/mol. The van der Waals surface area contributed by atoms with Gasteiger partial charge in [-0.1, -0.05) is 6.92 Å². The van der Waals surface area contributed by atoms with E-state index in [0.717, 1.165) is 6.42 Å². The number of nitrogens with two attached hydrogens (primary N) is 1. The molecule has 136 valence electrons. The maximum absolute atomic E-state index is 11.6. The second-order valence-corrected chi connectivity index (χ2v) is 5.77. The number of imidazole rings is 1. The normalized spacial score (nSPS) is 12.1. The molecule has 1 unspecified atom stereocenters. The molecule has 0 aliphatic carbocycles. The van der Waals surface area contributed by atoms with E-state index in [4.69, 9.17) is 15.2 Å². The molecule has 0 saturated heterocycles. The zero-order valence-corrected chi connectivity index (χ0v) is 14.5. The molecule has 2 aromatic rings. The van der Waals surface area contributed by atoms with E-state index in [1.807, 2.05) is 11.5 Å². The van der Waals surface area contributed by atoms with Crippen molar-refractivity contribution in [1.29, 1.82) is 0 Å². The summed E-state index contributed by atoms with van der Waals surface area (Å²) in [6, 6.07) is 0. The van der Waals surface area contributed by atoms with E-state index in [-0.39, 0.29) is 37.0 Å². The highest BCUT2D eigenvalue weighted by atomic mass is 16.5. The summed E-state index contributed by atoms with van der Waals surface area (Å²) in [5.74, 6) is -0.539. The van der Waals surface area contributed by atoms with Crippen molar-refractivity contribution in [1.82, 2.24) is 19.5 Å². The van der Waals surface area contributed by atoms with Gasteiger partial charge in [-0.2, -0.15) is 4.98 Å². The molecule has 0 aromatic carbocycles. The molecule has 0 saturated carbocycles. The zero-order chi connectivity index (χ0) is 18.2. The van der Waals surface area contributed by atoms with Gasteiger partial charge in [0.2, 0.25) is 5.95 Å². The molecule has 0 radical (unpaired) electrons. The van der Waals surface area contributed by atoms with Gasteiger partial charge in [0.05, 0.1) is 25.7 Å². The van der Waals surface area contributed by atoms with Crippen LogP contribution >= 0.6 is 0 Å². The highest BCUT2D eigenvalue weighted by Crippen LogP contribution is 2.14. The lowest BCUT2D eigenvalue weighted by Crippen LogP contribution is -2.21. The van der Waals surface area contributed by atoms with Crippen molar-refractivity contribution < 1.29 is 19.1 Å². The van der Waals surface area contributed by atoms with Crippen molar-refractivity contribution in [3.63, 3.8) is 0 Å². The standard InChI is InChI=1S/C16H23N5O4/c1-3-4-14(23)25-9-12(8-24-11(2)22)5-6-21-10-19-13-7-18-16(17)20-15(13)21/h7,10,12H,3-6,8-9H2,1-2H3,(H2,17,18,20). The van der Waals surface area contributed by atoms with Crippen molar-refractivity contribution in [3.8, 4) is 0 Å². The van der Waals surface area contributed by atoms with Gasteiger partial charge in [0.15, 0.2) is 5.65 Å². The lowest BCUT2D eigenvalue weighted by molar-refractivity contribution is -0.148. The number of carbonyl (C=O) groups excluding carboxylic acids is 2. The maximum atomic E-state index is 11.6. The number of ether oxygens (including phenoxy) is 2. The quantitative estimate of drug-likeness (QED) is 0.673. The largest absolute Gasteiger partial charge is 0.465 e. The zero-order valence-electron chi connectivity index (χ0n) is 14.5. The highest BCUT2D eigenvalue weighted by molar-refractivity contribution is 5.70. The van der Waals surface area contributed by atoms with Crippen LogP contribution in [0.4, 0.5) is 5.95 Å². The molecule has 2 heterocycles. The van der Waals surface area contributed by atoms with Crippen LogP contribution < -0.4 is 5.73 Å². The lowest BCUT2D eigenvalue weighted by Gasteiger charge is -2.17. The van der Waals surface area contributed by atoms with Crippen LogP contribution in [0.25, 0.3) is 11.2 Å². The van der Waals surface area contributed by atoms with Gasteiger partial charge in [0.25, 0.3) is 0 Å². The first-order chi connectivity index (χ1) is 12.0. The molecule has 0 aliphatic heterocycles. The van der Waals surface area contributed by atoms with E-state index in [1.54, 1.807) is 12.5 Å². The third kappa shape index (κ3) is 5.70. The van der Waals surface area contributed by atoms with E-state index >= 15 is 0 Å². The first-order valence-electron chi connectivity index (χ1n) is 8.22. The van der Waals surface area contributed by atoms with Gasteiger partial charge in [0.1, 0.15) is 5.52 Å². The summed E-state index contributed by atoms with van der Waals surface area (Å²) < 4.78 is 12.2. The molecule has 9 nitrogen and oxygen atoms in total.